The fourth-order valence-electron chi connectivity index (χ4n) is 2.72. The minimum Gasteiger partial charge on any atom is -0.338 e. The number of thioether (sulfide) groups is 1. The lowest BCUT2D eigenvalue weighted by atomic mass is 10.0. The van der Waals surface area contributed by atoms with Gasteiger partial charge in [-0.2, -0.15) is 11.8 Å². The molecule has 0 aromatic carbocycles. The highest BCUT2D eigenvalue weighted by Gasteiger charge is 2.29. The number of carbonyl (C=O) groups is 1. The average Bonchev–Trinajstić information content (AvgIpc) is 2.82. The number of nitrogens with zero attached hydrogens (tertiary/aromatic N) is 1. The van der Waals surface area contributed by atoms with Crippen molar-refractivity contribution in [2.24, 2.45) is 5.92 Å². The third-order valence-electron chi connectivity index (χ3n) is 4.13. The van der Waals surface area contributed by atoms with E-state index in [9.17, 15) is 4.79 Å². The molecule has 98 valence electrons. The van der Waals surface area contributed by atoms with Gasteiger partial charge in [-0.25, -0.2) is 0 Å². The molecule has 0 spiro atoms. The van der Waals surface area contributed by atoms with Gasteiger partial charge in [-0.1, -0.05) is 6.92 Å². The lowest BCUT2D eigenvalue weighted by molar-refractivity contribution is -0.133. The van der Waals surface area contributed by atoms with E-state index in [1.54, 1.807) is 0 Å². The van der Waals surface area contributed by atoms with Gasteiger partial charge in [0.1, 0.15) is 0 Å². The summed E-state index contributed by atoms with van der Waals surface area (Å²) in [6, 6.07) is 0.406. The Morgan fingerprint density at radius 1 is 1.47 bits per heavy atom. The van der Waals surface area contributed by atoms with Crippen molar-refractivity contribution >= 4 is 17.7 Å². The van der Waals surface area contributed by atoms with Crippen molar-refractivity contribution in [2.75, 3.05) is 25.4 Å². The molecule has 2 aliphatic rings. The maximum atomic E-state index is 12.2. The Morgan fingerprint density at radius 3 is 3.00 bits per heavy atom. The quantitative estimate of drug-likeness (QED) is 0.834. The standard InChI is InChI=1S/C13H24N2OS/c1-10-11(2)17-8-7-15(10)13(16)4-3-12-5-6-14-9-12/h10-12,14H,3-9H2,1-2H3. The van der Waals surface area contributed by atoms with Crippen LogP contribution in [-0.4, -0.2) is 47.5 Å². The van der Waals surface area contributed by atoms with Crippen molar-refractivity contribution in [3.63, 3.8) is 0 Å². The molecule has 2 rings (SSSR count). The van der Waals surface area contributed by atoms with Crippen molar-refractivity contribution < 1.29 is 4.79 Å². The molecule has 4 heteroatoms. The van der Waals surface area contributed by atoms with Gasteiger partial charge >= 0.3 is 0 Å². The van der Waals surface area contributed by atoms with E-state index in [1.807, 2.05) is 11.8 Å². The third-order valence-corrected chi connectivity index (χ3v) is 5.47. The van der Waals surface area contributed by atoms with Gasteiger partial charge in [0, 0.05) is 30.0 Å². The van der Waals surface area contributed by atoms with Gasteiger partial charge in [0.25, 0.3) is 0 Å². The Labute approximate surface area is 109 Å². The topological polar surface area (TPSA) is 32.3 Å². The highest BCUT2D eigenvalue weighted by molar-refractivity contribution is 8.00. The Morgan fingerprint density at radius 2 is 2.29 bits per heavy atom. The van der Waals surface area contributed by atoms with E-state index in [-0.39, 0.29) is 0 Å². The molecule has 0 saturated carbocycles. The predicted octanol–water partition coefficient (Wildman–Crippen LogP) is 1.73. The molecular weight excluding hydrogens is 232 g/mol. The van der Waals surface area contributed by atoms with Gasteiger partial charge in [0.2, 0.25) is 5.91 Å². The summed E-state index contributed by atoms with van der Waals surface area (Å²) in [4.78, 5) is 14.3. The third kappa shape index (κ3) is 3.38. The lowest BCUT2D eigenvalue weighted by Crippen LogP contribution is -2.48. The molecule has 0 aliphatic carbocycles. The van der Waals surface area contributed by atoms with Crippen LogP contribution in [0.3, 0.4) is 0 Å². The van der Waals surface area contributed by atoms with Gasteiger partial charge in [0.05, 0.1) is 0 Å². The Bertz CT molecular complexity index is 266. The molecule has 0 radical (unpaired) electrons. The van der Waals surface area contributed by atoms with Crippen LogP contribution < -0.4 is 5.32 Å². The van der Waals surface area contributed by atoms with Crippen LogP contribution in [0.1, 0.15) is 33.1 Å². The second kappa shape index (κ2) is 6.10. The van der Waals surface area contributed by atoms with Crippen molar-refractivity contribution in [3.8, 4) is 0 Å². The van der Waals surface area contributed by atoms with E-state index in [0.29, 0.717) is 17.2 Å². The van der Waals surface area contributed by atoms with Crippen LogP contribution in [-0.2, 0) is 4.79 Å². The van der Waals surface area contributed by atoms with Crippen molar-refractivity contribution in [1.29, 1.82) is 0 Å². The molecule has 0 aromatic rings. The SMILES string of the molecule is CC1SCCN(C(=O)CCC2CCNC2)C1C. The van der Waals surface area contributed by atoms with Gasteiger partial charge in [-0.05, 0) is 38.8 Å². The number of nitrogens with one attached hydrogen (secondary N) is 1. The lowest BCUT2D eigenvalue weighted by Gasteiger charge is -2.37. The Balaban J connectivity index is 1.78. The molecule has 3 nitrogen and oxygen atoms in total. The van der Waals surface area contributed by atoms with E-state index in [0.717, 1.165) is 44.1 Å². The fourth-order valence-corrected chi connectivity index (χ4v) is 3.82. The maximum absolute atomic E-state index is 12.2. The number of hydrogen-bond acceptors (Lipinski definition) is 3. The molecule has 3 atom stereocenters. The van der Waals surface area contributed by atoms with Gasteiger partial charge in [-0.15, -0.1) is 0 Å². The first-order valence-electron chi connectivity index (χ1n) is 6.80. The largest absolute Gasteiger partial charge is 0.338 e. The zero-order valence-electron chi connectivity index (χ0n) is 10.9. The molecular formula is C13H24N2OS. The summed E-state index contributed by atoms with van der Waals surface area (Å²) >= 11 is 1.99. The summed E-state index contributed by atoms with van der Waals surface area (Å²) in [6.07, 6.45) is 3.06. The molecule has 1 amide bonds. The van der Waals surface area contributed by atoms with E-state index in [1.165, 1.54) is 6.42 Å². The highest BCUT2D eigenvalue weighted by Crippen LogP contribution is 2.25. The van der Waals surface area contributed by atoms with Crippen LogP contribution in [0, 0.1) is 5.92 Å². The number of amides is 1. The van der Waals surface area contributed by atoms with Crippen LogP contribution in [0.5, 0.6) is 0 Å². The van der Waals surface area contributed by atoms with Crippen LogP contribution in [0.2, 0.25) is 0 Å². The summed E-state index contributed by atoms with van der Waals surface area (Å²) < 4.78 is 0. The molecule has 2 aliphatic heterocycles. The molecule has 2 fully saturated rings. The zero-order valence-corrected chi connectivity index (χ0v) is 11.8. The smallest absolute Gasteiger partial charge is 0.222 e. The summed E-state index contributed by atoms with van der Waals surface area (Å²) in [5, 5.41) is 3.95. The van der Waals surface area contributed by atoms with Crippen molar-refractivity contribution in [3.05, 3.63) is 0 Å². The Kier molecular flexibility index (Phi) is 4.74. The van der Waals surface area contributed by atoms with Crippen LogP contribution in [0.4, 0.5) is 0 Å². The normalized spacial score (nSPS) is 34.0. The van der Waals surface area contributed by atoms with Gasteiger partial charge < -0.3 is 10.2 Å². The molecule has 0 aromatic heterocycles. The number of hydrogen-bond donors (Lipinski definition) is 1. The monoisotopic (exact) mass is 256 g/mol. The predicted molar refractivity (Wildman–Crippen MR) is 73.3 cm³/mol. The first-order chi connectivity index (χ1) is 8.18. The number of rotatable bonds is 3. The van der Waals surface area contributed by atoms with E-state index in [4.69, 9.17) is 0 Å². The summed E-state index contributed by atoms with van der Waals surface area (Å²) in [5.41, 5.74) is 0. The molecule has 0 bridgehead atoms. The Hall–Kier alpha value is -0.220. The molecule has 1 N–H and O–H groups in total. The molecule has 3 unspecified atom stereocenters. The van der Waals surface area contributed by atoms with Gasteiger partial charge in [0.15, 0.2) is 0 Å². The van der Waals surface area contributed by atoms with E-state index in [2.05, 4.69) is 24.1 Å². The van der Waals surface area contributed by atoms with Gasteiger partial charge in [-0.3, -0.25) is 4.79 Å². The maximum Gasteiger partial charge on any atom is 0.222 e. The zero-order chi connectivity index (χ0) is 12.3. The van der Waals surface area contributed by atoms with E-state index >= 15 is 0 Å². The highest BCUT2D eigenvalue weighted by atomic mass is 32.2. The minimum absolute atomic E-state index is 0.372. The van der Waals surface area contributed by atoms with Crippen molar-refractivity contribution in [2.45, 2.75) is 44.4 Å². The summed E-state index contributed by atoms with van der Waals surface area (Å²) in [5.74, 6) is 2.20. The average molecular weight is 256 g/mol. The van der Waals surface area contributed by atoms with Crippen LogP contribution >= 0.6 is 11.8 Å². The summed E-state index contributed by atoms with van der Waals surface area (Å²) in [6.45, 7) is 7.60. The van der Waals surface area contributed by atoms with Crippen LogP contribution in [0.25, 0.3) is 0 Å². The second-order valence-electron chi connectivity index (χ2n) is 5.30. The van der Waals surface area contributed by atoms with E-state index < -0.39 is 0 Å². The first kappa shape index (κ1) is 13.2. The number of carbonyl (C=O) groups excluding carboxylic acids is 1. The fraction of sp³-hybridized carbons (Fsp3) is 0.923. The second-order valence-corrected chi connectivity index (χ2v) is 6.79. The van der Waals surface area contributed by atoms with Crippen molar-refractivity contribution in [1.82, 2.24) is 10.2 Å². The molecule has 17 heavy (non-hydrogen) atoms. The minimum atomic E-state index is 0.372. The molecule has 2 heterocycles. The molecule has 2 saturated heterocycles. The first-order valence-corrected chi connectivity index (χ1v) is 7.85. The summed E-state index contributed by atoms with van der Waals surface area (Å²) in [7, 11) is 0. The van der Waals surface area contributed by atoms with Crippen LogP contribution in [0.15, 0.2) is 0 Å².